The molecule has 0 bridgehead atoms. The fraction of sp³-hybridized carbons (Fsp3) is 0.938. The van der Waals surface area contributed by atoms with Gasteiger partial charge in [0, 0.05) is 13.0 Å². The summed E-state index contributed by atoms with van der Waals surface area (Å²) in [7, 11) is 1.44. The molecule has 0 aromatic heterocycles. The Labute approximate surface area is 117 Å². The first kappa shape index (κ1) is 14.8. The summed E-state index contributed by atoms with van der Waals surface area (Å²) in [5.74, 6) is 1.59. The smallest absolute Gasteiger partial charge is 0.305 e. The van der Waals surface area contributed by atoms with Crippen molar-refractivity contribution in [1.82, 2.24) is 0 Å². The summed E-state index contributed by atoms with van der Waals surface area (Å²) in [6, 6.07) is 0. The van der Waals surface area contributed by atoms with E-state index in [1.54, 1.807) is 0 Å². The molecule has 2 saturated carbocycles. The Morgan fingerprint density at radius 1 is 1.21 bits per heavy atom. The molecule has 0 radical (unpaired) electrons. The molecule has 2 aliphatic carbocycles. The maximum atomic E-state index is 11.0. The van der Waals surface area contributed by atoms with Crippen molar-refractivity contribution in [1.29, 1.82) is 0 Å². The third-order valence-electron chi connectivity index (χ3n) is 5.05. The molecule has 3 heteroatoms. The Balaban J connectivity index is 1.67. The predicted molar refractivity (Wildman–Crippen MR) is 74.9 cm³/mol. The van der Waals surface area contributed by atoms with Gasteiger partial charge < -0.3 is 9.47 Å². The quantitative estimate of drug-likeness (QED) is 0.521. The Hall–Kier alpha value is -0.570. The minimum atomic E-state index is -0.128. The molecule has 2 aliphatic rings. The van der Waals surface area contributed by atoms with Gasteiger partial charge in [-0.25, -0.2) is 0 Å². The maximum Gasteiger partial charge on any atom is 0.305 e. The summed E-state index contributed by atoms with van der Waals surface area (Å²) in [6.07, 6.45) is 10.5. The van der Waals surface area contributed by atoms with Crippen LogP contribution in [0.1, 0.15) is 64.7 Å². The van der Waals surface area contributed by atoms with Crippen LogP contribution in [0.4, 0.5) is 0 Å². The lowest BCUT2D eigenvalue weighted by atomic mass is 9.77. The van der Waals surface area contributed by atoms with E-state index in [4.69, 9.17) is 4.74 Å². The zero-order valence-electron chi connectivity index (χ0n) is 12.5. The zero-order valence-corrected chi connectivity index (χ0v) is 12.5. The highest BCUT2D eigenvalue weighted by atomic mass is 16.5. The number of carbonyl (C=O) groups is 1. The van der Waals surface area contributed by atoms with E-state index < -0.39 is 0 Å². The fourth-order valence-corrected chi connectivity index (χ4v) is 3.48. The van der Waals surface area contributed by atoms with E-state index in [1.807, 2.05) is 0 Å². The number of hydrogen-bond donors (Lipinski definition) is 0. The minimum absolute atomic E-state index is 0.128. The van der Waals surface area contributed by atoms with Crippen LogP contribution < -0.4 is 0 Å². The van der Waals surface area contributed by atoms with E-state index in [0.717, 1.165) is 18.3 Å². The standard InChI is InChI=1S/C16H28O3/c1-3-13-6-8-14(9-7-13)16(10-11-16)19-12-4-5-15(17)18-2/h13-14H,3-12H2,1-2H3. The van der Waals surface area contributed by atoms with Crippen LogP contribution >= 0.6 is 0 Å². The molecule has 0 aliphatic heterocycles. The fourth-order valence-electron chi connectivity index (χ4n) is 3.48. The van der Waals surface area contributed by atoms with Crippen molar-refractivity contribution < 1.29 is 14.3 Å². The molecule has 0 heterocycles. The van der Waals surface area contributed by atoms with E-state index >= 15 is 0 Å². The van der Waals surface area contributed by atoms with E-state index in [-0.39, 0.29) is 11.6 Å². The van der Waals surface area contributed by atoms with E-state index in [9.17, 15) is 4.79 Å². The maximum absolute atomic E-state index is 11.0. The van der Waals surface area contributed by atoms with Crippen LogP contribution in [0.15, 0.2) is 0 Å². The number of rotatable bonds is 7. The van der Waals surface area contributed by atoms with Gasteiger partial charge in [-0.3, -0.25) is 4.79 Å². The van der Waals surface area contributed by atoms with Gasteiger partial charge in [-0.05, 0) is 43.9 Å². The van der Waals surface area contributed by atoms with Crippen molar-refractivity contribution in [2.75, 3.05) is 13.7 Å². The molecule has 0 unspecified atom stereocenters. The lowest BCUT2D eigenvalue weighted by molar-refractivity contribution is -0.141. The van der Waals surface area contributed by atoms with Gasteiger partial charge in [-0.1, -0.05) is 26.2 Å². The van der Waals surface area contributed by atoms with E-state index in [1.165, 1.54) is 52.1 Å². The zero-order chi connectivity index (χ0) is 13.7. The molecule has 110 valence electrons. The second kappa shape index (κ2) is 6.74. The Kier molecular flexibility index (Phi) is 5.26. The molecule has 0 N–H and O–H groups in total. The molecule has 0 aromatic carbocycles. The third-order valence-corrected chi connectivity index (χ3v) is 5.05. The average Bonchev–Trinajstić information content (AvgIpc) is 3.24. The summed E-state index contributed by atoms with van der Waals surface area (Å²) >= 11 is 0. The van der Waals surface area contributed by atoms with Gasteiger partial charge in [-0.2, -0.15) is 0 Å². The highest BCUT2D eigenvalue weighted by Gasteiger charge is 2.50. The molecule has 19 heavy (non-hydrogen) atoms. The average molecular weight is 268 g/mol. The summed E-state index contributed by atoms with van der Waals surface area (Å²) < 4.78 is 10.8. The van der Waals surface area contributed by atoms with Crippen molar-refractivity contribution in [3.63, 3.8) is 0 Å². The van der Waals surface area contributed by atoms with Crippen LogP contribution in [0.5, 0.6) is 0 Å². The Morgan fingerprint density at radius 2 is 1.89 bits per heavy atom. The molecule has 0 atom stereocenters. The van der Waals surface area contributed by atoms with Crippen LogP contribution in [-0.4, -0.2) is 25.3 Å². The molecule has 3 nitrogen and oxygen atoms in total. The Bertz CT molecular complexity index is 288. The monoisotopic (exact) mass is 268 g/mol. The summed E-state index contributed by atoms with van der Waals surface area (Å²) in [5.41, 5.74) is 0.189. The number of carbonyl (C=O) groups excluding carboxylic acids is 1. The topological polar surface area (TPSA) is 35.5 Å². The first-order valence-corrected chi connectivity index (χ1v) is 7.91. The molecular formula is C16H28O3. The highest BCUT2D eigenvalue weighted by Crippen LogP contribution is 2.52. The lowest BCUT2D eigenvalue weighted by Gasteiger charge is -2.34. The normalized spacial score (nSPS) is 28.9. The predicted octanol–water partition coefficient (Wildman–Crippen LogP) is 3.71. The van der Waals surface area contributed by atoms with Crippen LogP contribution in [0.25, 0.3) is 0 Å². The largest absolute Gasteiger partial charge is 0.469 e. The summed E-state index contributed by atoms with van der Waals surface area (Å²) in [5, 5.41) is 0. The van der Waals surface area contributed by atoms with Crippen molar-refractivity contribution in [2.45, 2.75) is 70.3 Å². The minimum Gasteiger partial charge on any atom is -0.469 e. The molecule has 0 aromatic rings. The summed E-state index contributed by atoms with van der Waals surface area (Å²) in [6.45, 7) is 3.02. The molecule has 0 spiro atoms. The second-order valence-corrected chi connectivity index (χ2v) is 6.22. The van der Waals surface area contributed by atoms with Crippen molar-refractivity contribution >= 4 is 5.97 Å². The van der Waals surface area contributed by atoms with Crippen molar-refractivity contribution in [3.05, 3.63) is 0 Å². The van der Waals surface area contributed by atoms with Gasteiger partial charge in [0.2, 0.25) is 0 Å². The molecule has 0 saturated heterocycles. The molecular weight excluding hydrogens is 240 g/mol. The Morgan fingerprint density at radius 3 is 2.42 bits per heavy atom. The van der Waals surface area contributed by atoms with Gasteiger partial charge in [0.25, 0.3) is 0 Å². The van der Waals surface area contributed by atoms with Crippen LogP contribution in [-0.2, 0) is 14.3 Å². The first-order chi connectivity index (χ1) is 9.20. The van der Waals surface area contributed by atoms with Crippen LogP contribution in [0, 0.1) is 11.8 Å². The number of methoxy groups -OCH3 is 1. The summed E-state index contributed by atoms with van der Waals surface area (Å²) in [4.78, 5) is 11.0. The van der Waals surface area contributed by atoms with Gasteiger partial charge in [-0.15, -0.1) is 0 Å². The third kappa shape index (κ3) is 3.95. The van der Waals surface area contributed by atoms with Crippen LogP contribution in [0.3, 0.4) is 0 Å². The van der Waals surface area contributed by atoms with Gasteiger partial charge in [0.15, 0.2) is 0 Å². The first-order valence-electron chi connectivity index (χ1n) is 7.91. The lowest BCUT2D eigenvalue weighted by Crippen LogP contribution is -2.30. The van der Waals surface area contributed by atoms with Crippen LogP contribution in [0.2, 0.25) is 0 Å². The van der Waals surface area contributed by atoms with E-state index in [2.05, 4.69) is 11.7 Å². The van der Waals surface area contributed by atoms with Crippen molar-refractivity contribution in [3.8, 4) is 0 Å². The number of hydrogen-bond acceptors (Lipinski definition) is 3. The molecule has 0 amide bonds. The molecule has 2 rings (SSSR count). The highest BCUT2D eigenvalue weighted by molar-refractivity contribution is 5.68. The van der Waals surface area contributed by atoms with E-state index in [0.29, 0.717) is 13.0 Å². The number of esters is 1. The second-order valence-electron chi connectivity index (χ2n) is 6.22. The van der Waals surface area contributed by atoms with Crippen molar-refractivity contribution in [2.24, 2.45) is 11.8 Å². The van der Waals surface area contributed by atoms with Gasteiger partial charge in [0.05, 0.1) is 12.7 Å². The SMILES string of the molecule is CCC1CCC(C2(OCCCC(=O)OC)CC2)CC1. The van der Waals surface area contributed by atoms with Gasteiger partial charge in [0.1, 0.15) is 0 Å². The van der Waals surface area contributed by atoms with Gasteiger partial charge >= 0.3 is 5.97 Å². The number of ether oxygens (including phenoxy) is 2. The molecule has 2 fully saturated rings.